The van der Waals surface area contributed by atoms with Gasteiger partial charge in [-0.05, 0) is 207 Å². The van der Waals surface area contributed by atoms with E-state index >= 15 is 0 Å². The van der Waals surface area contributed by atoms with Crippen molar-refractivity contribution in [1.82, 2.24) is 0 Å². The van der Waals surface area contributed by atoms with Crippen molar-refractivity contribution >= 4 is 120 Å². The molecule has 468 valence electrons. The van der Waals surface area contributed by atoms with Crippen LogP contribution in [0.5, 0.6) is 0 Å². The van der Waals surface area contributed by atoms with E-state index in [-0.39, 0.29) is 74.3 Å². The van der Waals surface area contributed by atoms with Crippen molar-refractivity contribution < 1.29 is 46.6 Å². The second-order valence-electron chi connectivity index (χ2n) is 25.4. The Morgan fingerprint density at radius 1 is 0.224 bits per heavy atom. The molecule has 0 saturated carbocycles. The Kier molecular flexibility index (Phi) is 54.5. The van der Waals surface area contributed by atoms with Crippen molar-refractivity contribution in [2.24, 2.45) is 0 Å². The summed E-state index contributed by atoms with van der Waals surface area (Å²) in [5.41, 5.74) is 0. The zero-order valence-corrected chi connectivity index (χ0v) is 60.8. The minimum Gasteiger partial charge on any atom is -0.437 e. The molecule has 0 heterocycles. The molecule has 0 unspecified atom stereocenters. The Morgan fingerprint density at radius 2 is 0.382 bits per heavy atom. The van der Waals surface area contributed by atoms with Gasteiger partial charge in [0.2, 0.25) is 0 Å². The molecule has 0 bridgehead atoms. The molecule has 2 N–H and O–H groups in total. The van der Waals surface area contributed by atoms with E-state index in [1.807, 2.05) is 25.2 Å². The third kappa shape index (κ3) is 59.4. The number of hydrogen-bond donors (Lipinski definition) is 2. The standard InChI is InChI=1S/C20H34O3Si4.2C8H24O2Si3.C6H20O4Si3.10CH4/c1-24(2,3)21-26(7,8)23-27(22-25(4,5)6,19-15-11-9-12-16-19)20-17-13-10-14-18-20;2*1-11(2,3)9-13(7,8)10-12(4,5)6;1-11(2,7)9-13(5,6)10-12(3,4)8;;;;;;;;;;/h9-18H,1-8H3;2*1-8H3;7-8H,1-6H3;10*1H4. The van der Waals surface area contributed by atoms with E-state index in [0.29, 0.717) is 0 Å². The van der Waals surface area contributed by atoms with Crippen molar-refractivity contribution in [2.45, 2.75) is 271 Å². The first kappa shape index (κ1) is 105. The summed E-state index contributed by atoms with van der Waals surface area (Å²) in [4.78, 5) is 19.1. The summed E-state index contributed by atoms with van der Waals surface area (Å²) in [5.74, 6) is 0. The molecule has 2 aromatic carbocycles. The van der Waals surface area contributed by atoms with E-state index in [2.05, 4.69) is 206 Å². The van der Waals surface area contributed by atoms with Crippen molar-refractivity contribution in [3.05, 3.63) is 60.7 Å². The third-order valence-electron chi connectivity index (χ3n) is 6.90. The summed E-state index contributed by atoms with van der Waals surface area (Å²) >= 11 is 0. The first-order chi connectivity index (χ1) is 28.6. The van der Waals surface area contributed by atoms with Gasteiger partial charge in [0.1, 0.15) is 0 Å². The topological polar surface area (TPSA) is 124 Å². The maximum Gasteiger partial charge on any atom is 0.388 e. The minimum atomic E-state index is -2.90. The second-order valence-corrected chi connectivity index (χ2v) is 77.5. The molecule has 0 radical (unpaired) electrons. The fourth-order valence-electron chi connectivity index (χ4n) is 7.49. The van der Waals surface area contributed by atoms with E-state index < -0.39 is 110 Å². The second kappa shape index (κ2) is 39.4. The molecule has 2 rings (SSSR count). The average molecular weight is 1310 g/mol. The van der Waals surface area contributed by atoms with Crippen LogP contribution in [0.4, 0.5) is 0 Å². The van der Waals surface area contributed by atoms with Crippen molar-refractivity contribution in [3.8, 4) is 0 Å². The Hall–Kier alpha value is 0.819. The summed E-state index contributed by atoms with van der Waals surface area (Å²) in [5, 5.41) is 2.30. The van der Waals surface area contributed by atoms with Crippen LogP contribution < -0.4 is 10.4 Å². The van der Waals surface area contributed by atoms with Gasteiger partial charge in [-0.2, -0.15) is 0 Å². The Bertz CT molecular complexity index is 1490. The summed E-state index contributed by atoms with van der Waals surface area (Å²) in [7, 11) is -25.8. The van der Waals surface area contributed by atoms with Crippen LogP contribution in [0.15, 0.2) is 60.7 Å². The zero-order valence-electron chi connectivity index (χ0n) is 47.8. The predicted molar refractivity (Wildman–Crippen MR) is 384 cm³/mol. The molecule has 0 aliphatic rings. The predicted octanol–water partition coefficient (Wildman–Crippen LogP) is 18.9. The normalized spacial score (nSPS) is 12.4. The molecule has 0 amide bonds. The fourth-order valence-corrected chi connectivity index (χ4v) is 59.0. The maximum absolute atomic E-state index is 9.56. The summed E-state index contributed by atoms with van der Waals surface area (Å²) < 4.78 is 55.9. The highest BCUT2D eigenvalue weighted by Crippen LogP contribution is 2.26. The molecule has 0 aromatic heterocycles. The zero-order chi connectivity index (χ0) is 53.1. The highest BCUT2D eigenvalue weighted by Gasteiger charge is 2.51. The van der Waals surface area contributed by atoms with Crippen LogP contribution in [0.2, 0.25) is 196 Å². The van der Waals surface area contributed by atoms with Gasteiger partial charge in [-0.15, -0.1) is 0 Å². The lowest BCUT2D eigenvalue weighted by Crippen LogP contribution is -2.71. The molecule has 11 nitrogen and oxygen atoms in total. The smallest absolute Gasteiger partial charge is 0.388 e. The van der Waals surface area contributed by atoms with Crippen LogP contribution in [0.25, 0.3) is 0 Å². The van der Waals surface area contributed by atoms with Gasteiger partial charge in [-0.3, -0.25) is 0 Å². The minimum absolute atomic E-state index is 0. The first-order valence-corrected chi connectivity index (χ1v) is 62.7. The van der Waals surface area contributed by atoms with Gasteiger partial charge in [0.15, 0.2) is 49.9 Å². The lowest BCUT2D eigenvalue weighted by molar-refractivity contribution is 0.293. The molecular weight excluding hydrogens is 1170 g/mol. The fraction of sp³-hybridized carbons (Fsp3) is 0.769. The van der Waals surface area contributed by atoms with E-state index in [1.54, 1.807) is 26.2 Å². The van der Waals surface area contributed by atoms with Crippen LogP contribution >= 0.6 is 0 Å². The van der Waals surface area contributed by atoms with Crippen LogP contribution in [0, 0.1) is 0 Å². The molecule has 0 atom stereocenters. The molecular formula is C52H142O11Si13. The molecule has 0 aliphatic heterocycles. The molecule has 24 heteroatoms. The Morgan fingerprint density at radius 3 is 0.539 bits per heavy atom. The quantitative estimate of drug-likeness (QED) is 0.123. The number of hydrogen-bond acceptors (Lipinski definition) is 11. The Labute approximate surface area is 494 Å². The lowest BCUT2D eigenvalue weighted by Gasteiger charge is -2.43. The van der Waals surface area contributed by atoms with Gasteiger partial charge in [0.25, 0.3) is 0 Å². The van der Waals surface area contributed by atoms with Gasteiger partial charge in [0.05, 0.1) is 0 Å². The number of rotatable bonds is 20. The van der Waals surface area contributed by atoms with E-state index in [4.69, 9.17) is 37.0 Å². The molecule has 0 fully saturated rings. The van der Waals surface area contributed by atoms with E-state index in [1.165, 1.54) is 0 Å². The molecule has 0 spiro atoms. The van der Waals surface area contributed by atoms with Crippen molar-refractivity contribution in [1.29, 1.82) is 0 Å². The highest BCUT2D eigenvalue weighted by molar-refractivity contribution is 7.02. The molecule has 76 heavy (non-hydrogen) atoms. The number of benzene rings is 2. The summed E-state index contributed by atoms with van der Waals surface area (Å²) in [6, 6.07) is 21.0. The van der Waals surface area contributed by atoms with Crippen molar-refractivity contribution in [2.75, 3.05) is 0 Å². The van der Waals surface area contributed by atoms with Gasteiger partial charge in [-0.1, -0.05) is 135 Å². The van der Waals surface area contributed by atoms with Crippen LogP contribution in [0.1, 0.15) is 74.3 Å². The summed E-state index contributed by atoms with van der Waals surface area (Å²) in [6.07, 6.45) is 0. The Balaban J connectivity index is -0.0000000731. The SMILES string of the molecule is C.C.C.C.C.C.C.C.C.C.C[Si](C)(C)O[Si](C)(C)O[Si](C)(C)C.C[Si](C)(C)O[Si](C)(C)O[Si](C)(C)C.C[Si](C)(C)O[Si](C)(C)O[Si](O[Si](C)(C)C)(c1ccccc1)c1ccccc1.C[Si](C)(O)O[Si](C)(C)O[Si](C)(C)O. The molecule has 0 aliphatic carbocycles. The van der Waals surface area contributed by atoms with Gasteiger partial charge in [0, 0.05) is 0 Å². The average Bonchev–Trinajstić information content (AvgIpc) is 2.93. The van der Waals surface area contributed by atoms with E-state index in [9.17, 15) is 9.59 Å². The van der Waals surface area contributed by atoms with E-state index in [0.717, 1.165) is 10.4 Å². The van der Waals surface area contributed by atoms with Gasteiger partial charge in [-0.25, -0.2) is 0 Å². The maximum atomic E-state index is 9.56. The third-order valence-corrected chi connectivity index (χ3v) is 45.8. The van der Waals surface area contributed by atoms with Gasteiger partial charge >= 0.3 is 59.9 Å². The van der Waals surface area contributed by atoms with Crippen LogP contribution in [0.3, 0.4) is 0 Å². The van der Waals surface area contributed by atoms with Gasteiger partial charge < -0.3 is 46.6 Å². The highest BCUT2D eigenvalue weighted by atomic mass is 28.5. The summed E-state index contributed by atoms with van der Waals surface area (Å²) in [6.45, 7) is 63.4. The van der Waals surface area contributed by atoms with Crippen molar-refractivity contribution in [3.63, 3.8) is 0 Å². The largest absolute Gasteiger partial charge is 0.437 e. The van der Waals surface area contributed by atoms with Crippen LogP contribution in [-0.4, -0.2) is 119 Å². The molecule has 0 saturated heterocycles. The first-order valence-electron chi connectivity index (χ1n) is 23.4. The molecule has 2 aromatic rings. The van der Waals surface area contributed by atoms with Crippen LogP contribution in [-0.2, 0) is 37.0 Å². The monoisotopic (exact) mass is 1310 g/mol. The lowest BCUT2D eigenvalue weighted by atomic mass is 10.4.